The summed E-state index contributed by atoms with van der Waals surface area (Å²) in [4.78, 5) is 18.6. The van der Waals surface area contributed by atoms with E-state index in [1.54, 1.807) is 6.33 Å². The van der Waals surface area contributed by atoms with E-state index in [2.05, 4.69) is 36.6 Å². The summed E-state index contributed by atoms with van der Waals surface area (Å²) in [7, 11) is 0. The third-order valence-corrected chi connectivity index (χ3v) is 7.21. The fourth-order valence-electron chi connectivity index (χ4n) is 5.38. The molecule has 2 aromatic rings. The van der Waals surface area contributed by atoms with Crippen molar-refractivity contribution < 1.29 is 5.11 Å². The van der Waals surface area contributed by atoms with Crippen LogP contribution in [0.4, 0.5) is 11.6 Å². The van der Waals surface area contributed by atoms with Crippen LogP contribution >= 0.6 is 11.6 Å². The van der Waals surface area contributed by atoms with Crippen LogP contribution in [0.25, 0.3) is 0 Å². The van der Waals surface area contributed by atoms with Gasteiger partial charge in [0.1, 0.15) is 35.2 Å². The number of hydrogen-bond acceptors (Lipinski definition) is 7. The number of rotatable bonds is 5. The molecule has 2 aromatic heterocycles. The Morgan fingerprint density at radius 2 is 1.90 bits per heavy atom. The molecule has 0 amide bonds. The van der Waals surface area contributed by atoms with E-state index in [-0.39, 0.29) is 5.92 Å². The summed E-state index contributed by atoms with van der Waals surface area (Å²) in [5.41, 5.74) is 1.13. The number of imidazole rings is 1. The van der Waals surface area contributed by atoms with Gasteiger partial charge in [-0.3, -0.25) is 0 Å². The molecular formula is C22H32ClN7O. The van der Waals surface area contributed by atoms with Gasteiger partial charge in [-0.1, -0.05) is 18.5 Å². The molecule has 0 saturated carbocycles. The molecule has 3 aliphatic rings. The summed E-state index contributed by atoms with van der Waals surface area (Å²) in [6.45, 7) is 8.46. The van der Waals surface area contributed by atoms with Crippen LogP contribution in [0, 0.1) is 0 Å². The van der Waals surface area contributed by atoms with Crippen molar-refractivity contribution in [2.45, 2.75) is 63.6 Å². The Labute approximate surface area is 188 Å². The molecule has 5 heterocycles. The molecule has 0 spiro atoms. The molecule has 31 heavy (non-hydrogen) atoms. The van der Waals surface area contributed by atoms with Crippen molar-refractivity contribution >= 4 is 23.2 Å². The second-order valence-corrected chi connectivity index (χ2v) is 9.57. The van der Waals surface area contributed by atoms with Gasteiger partial charge in [0.05, 0.1) is 0 Å². The maximum Gasteiger partial charge on any atom is 0.147 e. The van der Waals surface area contributed by atoms with E-state index < -0.39 is 6.23 Å². The van der Waals surface area contributed by atoms with Gasteiger partial charge in [-0.25, -0.2) is 15.0 Å². The third-order valence-electron chi connectivity index (χ3n) is 7.03. The number of piperidine rings is 1. The van der Waals surface area contributed by atoms with Crippen molar-refractivity contribution in [3.05, 3.63) is 29.1 Å². The lowest BCUT2D eigenvalue weighted by atomic mass is 9.92. The molecule has 0 aliphatic carbocycles. The molecule has 168 valence electrons. The summed E-state index contributed by atoms with van der Waals surface area (Å²) >= 11 is 6.31. The quantitative estimate of drug-likeness (QED) is 0.731. The fraction of sp³-hybridized carbons (Fsp3) is 0.682. The van der Waals surface area contributed by atoms with Crippen LogP contribution in [0.5, 0.6) is 0 Å². The zero-order chi connectivity index (χ0) is 21.4. The highest BCUT2D eigenvalue weighted by molar-refractivity contribution is 6.29. The monoisotopic (exact) mass is 445 g/mol. The average Bonchev–Trinajstić information content (AvgIpc) is 3.41. The Morgan fingerprint density at radius 1 is 1.13 bits per heavy atom. The smallest absolute Gasteiger partial charge is 0.147 e. The highest BCUT2D eigenvalue weighted by Gasteiger charge is 2.31. The third kappa shape index (κ3) is 4.38. The number of anilines is 2. The molecule has 2 unspecified atom stereocenters. The van der Waals surface area contributed by atoms with Gasteiger partial charge in [-0.2, -0.15) is 0 Å². The highest BCUT2D eigenvalue weighted by Crippen LogP contribution is 2.39. The van der Waals surface area contributed by atoms with Crippen LogP contribution in [0.15, 0.2) is 12.5 Å². The predicted molar refractivity (Wildman–Crippen MR) is 122 cm³/mol. The van der Waals surface area contributed by atoms with Crippen molar-refractivity contribution in [3.63, 3.8) is 0 Å². The molecule has 2 fully saturated rings. The predicted octanol–water partition coefficient (Wildman–Crippen LogP) is 3.04. The van der Waals surface area contributed by atoms with E-state index in [0.717, 1.165) is 62.0 Å². The number of fused-ring (bicyclic) bond motifs is 1. The van der Waals surface area contributed by atoms with Crippen molar-refractivity contribution in [2.24, 2.45) is 0 Å². The van der Waals surface area contributed by atoms with E-state index in [0.29, 0.717) is 17.5 Å². The highest BCUT2D eigenvalue weighted by atomic mass is 35.5. The van der Waals surface area contributed by atoms with E-state index in [1.807, 2.05) is 6.20 Å². The summed E-state index contributed by atoms with van der Waals surface area (Å²) in [5.74, 6) is 3.54. The van der Waals surface area contributed by atoms with E-state index in [1.165, 1.54) is 25.9 Å². The minimum absolute atomic E-state index is 0.225. The van der Waals surface area contributed by atoms with Crippen LogP contribution in [0.3, 0.4) is 0 Å². The lowest BCUT2D eigenvalue weighted by Crippen LogP contribution is -2.37. The molecule has 2 atom stereocenters. The van der Waals surface area contributed by atoms with E-state index >= 15 is 0 Å². The first kappa shape index (κ1) is 21.0. The Morgan fingerprint density at radius 3 is 2.68 bits per heavy atom. The number of nitrogens with one attached hydrogen (secondary N) is 1. The van der Waals surface area contributed by atoms with E-state index in [9.17, 15) is 5.11 Å². The first-order valence-corrected chi connectivity index (χ1v) is 12.0. The first-order valence-electron chi connectivity index (χ1n) is 11.6. The molecular weight excluding hydrogens is 414 g/mol. The molecule has 2 saturated heterocycles. The Bertz CT molecular complexity index is 905. The molecule has 2 N–H and O–H groups in total. The van der Waals surface area contributed by atoms with Crippen molar-refractivity contribution in [3.8, 4) is 0 Å². The molecule has 8 nitrogen and oxygen atoms in total. The number of halogens is 1. The zero-order valence-corrected chi connectivity index (χ0v) is 18.9. The molecule has 0 radical (unpaired) electrons. The summed E-state index contributed by atoms with van der Waals surface area (Å²) in [5, 5.41) is 13.7. The molecule has 9 heteroatoms. The molecule has 5 rings (SSSR count). The number of hydrogen-bond donors (Lipinski definition) is 2. The number of nitrogens with zero attached hydrogens (tertiary/aromatic N) is 6. The standard InChI is InChI=1S/C22H32ClN7O/c1-15-12-18(31)27-20-19(15)22(25-14-24-20)29-8-4-16(5-9-29)21-26-17(23)13-30(21)11-10-28-6-2-3-7-28/h13-16,18,31H,2-12H2,1H3,(H,24,25,27). The van der Waals surface area contributed by atoms with Gasteiger partial charge in [0.15, 0.2) is 0 Å². The van der Waals surface area contributed by atoms with Crippen LogP contribution in [0.1, 0.15) is 62.3 Å². The first-order chi connectivity index (χ1) is 15.1. The Balaban J connectivity index is 1.27. The lowest BCUT2D eigenvalue weighted by molar-refractivity contribution is 0.179. The Kier molecular flexibility index (Phi) is 6.03. The van der Waals surface area contributed by atoms with Crippen LogP contribution in [-0.4, -0.2) is 68.5 Å². The van der Waals surface area contributed by atoms with Gasteiger partial charge in [-0.15, -0.1) is 0 Å². The fourth-order valence-corrected chi connectivity index (χ4v) is 5.59. The number of aliphatic hydroxyl groups is 1. The van der Waals surface area contributed by atoms with Gasteiger partial charge < -0.3 is 24.8 Å². The second kappa shape index (κ2) is 8.92. The van der Waals surface area contributed by atoms with Crippen LogP contribution < -0.4 is 10.2 Å². The number of likely N-dealkylation sites (tertiary alicyclic amines) is 1. The van der Waals surface area contributed by atoms with Crippen LogP contribution in [0.2, 0.25) is 5.15 Å². The summed E-state index contributed by atoms with van der Waals surface area (Å²) in [6.07, 6.45) is 8.42. The summed E-state index contributed by atoms with van der Waals surface area (Å²) in [6, 6.07) is 0. The van der Waals surface area contributed by atoms with Gasteiger partial charge in [0, 0.05) is 43.9 Å². The second-order valence-electron chi connectivity index (χ2n) is 9.18. The van der Waals surface area contributed by atoms with Crippen molar-refractivity contribution in [2.75, 3.05) is 42.9 Å². The molecule has 0 bridgehead atoms. The number of aliphatic hydroxyl groups excluding tert-OH is 1. The van der Waals surface area contributed by atoms with Gasteiger partial charge in [0.25, 0.3) is 0 Å². The van der Waals surface area contributed by atoms with Crippen molar-refractivity contribution in [1.82, 2.24) is 24.4 Å². The van der Waals surface area contributed by atoms with Gasteiger partial charge in [-0.05, 0) is 51.1 Å². The van der Waals surface area contributed by atoms with Crippen molar-refractivity contribution in [1.29, 1.82) is 0 Å². The van der Waals surface area contributed by atoms with Gasteiger partial charge >= 0.3 is 0 Å². The maximum atomic E-state index is 10.0. The summed E-state index contributed by atoms with van der Waals surface area (Å²) < 4.78 is 2.28. The van der Waals surface area contributed by atoms with Gasteiger partial charge in [0.2, 0.25) is 0 Å². The van der Waals surface area contributed by atoms with Crippen LogP contribution in [-0.2, 0) is 6.54 Å². The Hall–Kier alpha value is -1.90. The normalized spacial score (nSPS) is 24.9. The molecule has 3 aliphatic heterocycles. The topological polar surface area (TPSA) is 82.3 Å². The minimum Gasteiger partial charge on any atom is -0.374 e. The minimum atomic E-state index is -0.542. The lowest BCUT2D eigenvalue weighted by Gasteiger charge is -2.36. The largest absolute Gasteiger partial charge is 0.374 e. The average molecular weight is 446 g/mol. The van der Waals surface area contributed by atoms with E-state index in [4.69, 9.17) is 16.6 Å². The molecule has 0 aromatic carbocycles. The number of aromatic nitrogens is 4. The zero-order valence-electron chi connectivity index (χ0n) is 18.2. The maximum absolute atomic E-state index is 10.0. The SMILES string of the molecule is CC1CC(O)Nc2ncnc(N3CCC(c4nc(Cl)cn4CCN4CCCC4)CC3)c21.